The normalized spacial score (nSPS) is 16.5. The molecule has 0 fully saturated rings. The maximum absolute atomic E-state index is 10.6. The fourth-order valence-corrected chi connectivity index (χ4v) is 0.862. The van der Waals surface area contributed by atoms with Crippen molar-refractivity contribution in [3.63, 3.8) is 0 Å². The maximum Gasteiger partial charge on any atom is 0.246 e. The maximum atomic E-state index is 10.6. The second-order valence-electron chi connectivity index (χ2n) is 2.26. The van der Waals surface area contributed by atoms with Gasteiger partial charge in [0.15, 0.2) is 0 Å². The van der Waals surface area contributed by atoms with Gasteiger partial charge in [-0.25, -0.2) is 0 Å². The standard InChI is InChI=1S/C7H12N2O2/c1-2-11-4-3-6-8-5-7(10)9-6/h2-5H2,1H3,(H,8,9,10). The van der Waals surface area contributed by atoms with Crippen LogP contribution in [0.15, 0.2) is 4.99 Å². The molecule has 0 aromatic heterocycles. The zero-order valence-corrected chi connectivity index (χ0v) is 6.59. The number of nitrogens with zero attached hydrogens (tertiary/aromatic N) is 1. The van der Waals surface area contributed by atoms with Gasteiger partial charge in [-0.2, -0.15) is 0 Å². The van der Waals surface area contributed by atoms with Gasteiger partial charge in [-0.05, 0) is 6.92 Å². The average molecular weight is 156 g/mol. The van der Waals surface area contributed by atoms with Gasteiger partial charge >= 0.3 is 0 Å². The van der Waals surface area contributed by atoms with Gasteiger partial charge in [0.05, 0.1) is 6.61 Å². The Morgan fingerprint density at radius 3 is 3.09 bits per heavy atom. The van der Waals surface area contributed by atoms with Gasteiger partial charge in [-0.1, -0.05) is 0 Å². The summed E-state index contributed by atoms with van der Waals surface area (Å²) in [5.74, 6) is 0.736. The number of carbonyl (C=O) groups is 1. The predicted octanol–water partition coefficient (Wildman–Crippen LogP) is -0.0587. The molecule has 1 aliphatic rings. The Morgan fingerprint density at radius 2 is 2.55 bits per heavy atom. The van der Waals surface area contributed by atoms with Crippen LogP contribution in [0.1, 0.15) is 13.3 Å². The third-order valence-corrected chi connectivity index (χ3v) is 1.38. The van der Waals surface area contributed by atoms with E-state index in [2.05, 4.69) is 10.3 Å². The van der Waals surface area contributed by atoms with E-state index < -0.39 is 0 Å². The number of aliphatic imine (C=N–C) groups is 1. The van der Waals surface area contributed by atoms with Crippen LogP contribution in [-0.2, 0) is 9.53 Å². The minimum Gasteiger partial charge on any atom is -0.381 e. The van der Waals surface area contributed by atoms with E-state index in [1.807, 2.05) is 6.92 Å². The molecule has 4 nitrogen and oxygen atoms in total. The lowest BCUT2D eigenvalue weighted by Crippen LogP contribution is -2.25. The highest BCUT2D eigenvalue weighted by atomic mass is 16.5. The molecule has 0 saturated heterocycles. The molecule has 0 spiro atoms. The minimum atomic E-state index is -0.0171. The molecular formula is C7H12N2O2. The lowest BCUT2D eigenvalue weighted by Gasteiger charge is -2.00. The Labute approximate surface area is 65.6 Å². The van der Waals surface area contributed by atoms with E-state index in [0.29, 0.717) is 19.6 Å². The van der Waals surface area contributed by atoms with E-state index in [-0.39, 0.29) is 12.5 Å². The van der Waals surface area contributed by atoms with Crippen molar-refractivity contribution < 1.29 is 9.53 Å². The Hall–Kier alpha value is -0.900. The van der Waals surface area contributed by atoms with Crippen LogP contribution < -0.4 is 5.32 Å². The van der Waals surface area contributed by atoms with Crippen molar-refractivity contribution in [2.24, 2.45) is 4.99 Å². The molecule has 1 amide bonds. The van der Waals surface area contributed by atoms with Crippen LogP contribution in [0.25, 0.3) is 0 Å². The lowest BCUT2D eigenvalue weighted by molar-refractivity contribution is -0.117. The Bertz CT molecular complexity index is 177. The molecule has 4 heteroatoms. The average Bonchev–Trinajstić information content (AvgIpc) is 2.37. The quantitative estimate of drug-likeness (QED) is 0.580. The van der Waals surface area contributed by atoms with Crippen LogP contribution in [0.5, 0.6) is 0 Å². The molecule has 0 aromatic rings. The topological polar surface area (TPSA) is 50.7 Å². The third-order valence-electron chi connectivity index (χ3n) is 1.38. The number of ether oxygens (including phenoxy) is 1. The van der Waals surface area contributed by atoms with E-state index in [9.17, 15) is 4.79 Å². The number of amides is 1. The van der Waals surface area contributed by atoms with E-state index in [1.54, 1.807) is 0 Å². The van der Waals surface area contributed by atoms with Crippen molar-refractivity contribution in [3.05, 3.63) is 0 Å². The second kappa shape index (κ2) is 4.08. The third kappa shape index (κ3) is 2.67. The van der Waals surface area contributed by atoms with Crippen molar-refractivity contribution in [2.75, 3.05) is 19.8 Å². The van der Waals surface area contributed by atoms with Crippen LogP contribution >= 0.6 is 0 Å². The van der Waals surface area contributed by atoms with E-state index in [4.69, 9.17) is 4.74 Å². The Kier molecular flexibility index (Phi) is 3.04. The zero-order valence-electron chi connectivity index (χ0n) is 6.59. The molecule has 1 aliphatic heterocycles. The van der Waals surface area contributed by atoms with Gasteiger partial charge in [0, 0.05) is 13.0 Å². The molecule has 1 N–H and O–H groups in total. The molecule has 0 aromatic carbocycles. The first-order valence-electron chi connectivity index (χ1n) is 3.74. The molecule has 1 rings (SSSR count). The molecule has 0 atom stereocenters. The molecule has 11 heavy (non-hydrogen) atoms. The number of carbonyl (C=O) groups excluding carboxylic acids is 1. The highest BCUT2D eigenvalue weighted by molar-refractivity contribution is 6.03. The highest BCUT2D eigenvalue weighted by Gasteiger charge is 2.11. The van der Waals surface area contributed by atoms with Gasteiger partial charge in [0.25, 0.3) is 0 Å². The monoisotopic (exact) mass is 156 g/mol. The van der Waals surface area contributed by atoms with Crippen molar-refractivity contribution in [1.82, 2.24) is 5.32 Å². The molecule has 0 unspecified atom stereocenters. The molecule has 1 heterocycles. The summed E-state index contributed by atoms with van der Waals surface area (Å²) in [6.07, 6.45) is 0.708. The summed E-state index contributed by atoms with van der Waals surface area (Å²) in [6.45, 7) is 3.56. The highest BCUT2D eigenvalue weighted by Crippen LogP contribution is 1.92. The first-order valence-corrected chi connectivity index (χ1v) is 3.74. The van der Waals surface area contributed by atoms with Crippen molar-refractivity contribution in [2.45, 2.75) is 13.3 Å². The van der Waals surface area contributed by atoms with E-state index in [1.165, 1.54) is 0 Å². The van der Waals surface area contributed by atoms with E-state index >= 15 is 0 Å². The van der Waals surface area contributed by atoms with Crippen molar-refractivity contribution in [1.29, 1.82) is 0 Å². The lowest BCUT2D eigenvalue weighted by atomic mass is 10.4. The number of hydrogen-bond donors (Lipinski definition) is 1. The van der Waals surface area contributed by atoms with E-state index in [0.717, 1.165) is 5.84 Å². The SMILES string of the molecule is CCOCCC1=NCC(=O)N1. The Balaban J connectivity index is 2.13. The largest absolute Gasteiger partial charge is 0.381 e. The number of nitrogens with one attached hydrogen (secondary N) is 1. The summed E-state index contributed by atoms with van der Waals surface area (Å²) in [5, 5.41) is 2.64. The van der Waals surface area contributed by atoms with Crippen LogP contribution in [-0.4, -0.2) is 31.5 Å². The van der Waals surface area contributed by atoms with Gasteiger partial charge in [0.2, 0.25) is 5.91 Å². The van der Waals surface area contributed by atoms with Crippen LogP contribution in [0.2, 0.25) is 0 Å². The summed E-state index contributed by atoms with van der Waals surface area (Å²) >= 11 is 0. The summed E-state index contributed by atoms with van der Waals surface area (Å²) in [5.41, 5.74) is 0. The van der Waals surface area contributed by atoms with Crippen LogP contribution in [0, 0.1) is 0 Å². The fourth-order valence-electron chi connectivity index (χ4n) is 0.862. The molecular weight excluding hydrogens is 144 g/mol. The molecule has 0 saturated carbocycles. The van der Waals surface area contributed by atoms with Crippen LogP contribution in [0.4, 0.5) is 0 Å². The van der Waals surface area contributed by atoms with Gasteiger partial charge in [0.1, 0.15) is 12.4 Å². The number of hydrogen-bond acceptors (Lipinski definition) is 3. The second-order valence-corrected chi connectivity index (χ2v) is 2.26. The smallest absolute Gasteiger partial charge is 0.246 e. The minimum absolute atomic E-state index is 0.0171. The van der Waals surface area contributed by atoms with Crippen molar-refractivity contribution in [3.8, 4) is 0 Å². The van der Waals surface area contributed by atoms with Crippen LogP contribution in [0.3, 0.4) is 0 Å². The summed E-state index contributed by atoms with van der Waals surface area (Å²) in [4.78, 5) is 14.6. The zero-order chi connectivity index (χ0) is 8.10. The van der Waals surface area contributed by atoms with Gasteiger partial charge < -0.3 is 10.1 Å². The number of rotatable bonds is 4. The molecule has 0 aliphatic carbocycles. The predicted molar refractivity (Wildman–Crippen MR) is 41.6 cm³/mol. The first kappa shape index (κ1) is 8.20. The van der Waals surface area contributed by atoms with Gasteiger partial charge in [-0.15, -0.1) is 0 Å². The molecule has 62 valence electrons. The summed E-state index contributed by atoms with van der Waals surface area (Å²) in [6, 6.07) is 0. The van der Waals surface area contributed by atoms with Crippen molar-refractivity contribution >= 4 is 11.7 Å². The molecule has 0 radical (unpaired) electrons. The fraction of sp³-hybridized carbons (Fsp3) is 0.714. The first-order chi connectivity index (χ1) is 5.33. The summed E-state index contributed by atoms with van der Waals surface area (Å²) in [7, 11) is 0. The summed E-state index contributed by atoms with van der Waals surface area (Å²) < 4.78 is 5.10. The number of amidine groups is 1. The molecule has 0 bridgehead atoms. The Morgan fingerprint density at radius 1 is 1.73 bits per heavy atom. The van der Waals surface area contributed by atoms with Gasteiger partial charge in [-0.3, -0.25) is 9.79 Å².